The van der Waals surface area contributed by atoms with Gasteiger partial charge in [-0.1, -0.05) is 6.07 Å². The minimum absolute atomic E-state index is 0.0547. The molecule has 31 heavy (non-hydrogen) atoms. The molecule has 2 saturated heterocycles. The number of carbonyl (C=O) groups is 2. The minimum Gasteiger partial charge on any atom is -0.497 e. The van der Waals surface area contributed by atoms with Crippen molar-refractivity contribution in [1.29, 1.82) is 0 Å². The molecule has 1 aromatic carbocycles. The van der Waals surface area contributed by atoms with Crippen LogP contribution in [0.5, 0.6) is 5.75 Å². The van der Waals surface area contributed by atoms with E-state index in [0.717, 1.165) is 19.3 Å². The molecule has 1 aliphatic carbocycles. The lowest BCUT2D eigenvalue weighted by atomic mass is 9.72. The van der Waals surface area contributed by atoms with Gasteiger partial charge in [0, 0.05) is 42.7 Å². The fraction of sp³-hybridized carbons (Fsp3) is 0.652. The molecule has 4 rings (SSSR count). The van der Waals surface area contributed by atoms with Crippen molar-refractivity contribution in [2.75, 3.05) is 33.1 Å². The smallest absolute Gasteiger partial charge is 0.257 e. The maximum absolute atomic E-state index is 13.3. The predicted octanol–water partition coefficient (Wildman–Crippen LogP) is 3.27. The van der Waals surface area contributed by atoms with Gasteiger partial charge in [-0.05, 0) is 63.1 Å². The summed E-state index contributed by atoms with van der Waals surface area (Å²) in [6.07, 6.45) is 7.31. The molecule has 0 radical (unpaired) electrons. The number of methoxy groups -OCH3 is 1. The lowest BCUT2D eigenvalue weighted by Gasteiger charge is -2.46. The fourth-order valence-corrected chi connectivity index (χ4v) is 6.66. The summed E-state index contributed by atoms with van der Waals surface area (Å²) in [7, 11) is -1.08. The van der Waals surface area contributed by atoms with E-state index in [-0.39, 0.29) is 28.6 Å². The second-order valence-electron chi connectivity index (χ2n) is 9.09. The van der Waals surface area contributed by atoms with Crippen LogP contribution in [0.1, 0.15) is 55.3 Å². The highest BCUT2D eigenvalue weighted by atomic mass is 32.2. The van der Waals surface area contributed by atoms with Crippen LogP contribution in [0.4, 0.5) is 0 Å². The van der Waals surface area contributed by atoms with E-state index in [1.165, 1.54) is 0 Å². The average Bonchev–Trinajstić information content (AvgIpc) is 2.77. The molecule has 0 aromatic heterocycles. The second-order valence-corrected chi connectivity index (χ2v) is 11.7. The SMILES string of the molecule is COc1cccc(C(=O)N2CCC(S(C)(=O)=NC(=O)C3CCOC4(CCC4)C3)CC2)c1. The number of hydrogen-bond donors (Lipinski definition) is 0. The topological polar surface area (TPSA) is 85.3 Å². The summed E-state index contributed by atoms with van der Waals surface area (Å²) >= 11 is 0. The zero-order valence-corrected chi connectivity index (χ0v) is 19.2. The normalized spacial score (nSPS) is 25.4. The van der Waals surface area contributed by atoms with Gasteiger partial charge >= 0.3 is 0 Å². The summed E-state index contributed by atoms with van der Waals surface area (Å²) in [6.45, 7) is 1.60. The summed E-state index contributed by atoms with van der Waals surface area (Å²) in [6, 6.07) is 7.11. The molecule has 8 heteroatoms. The van der Waals surface area contributed by atoms with Gasteiger partial charge in [0.2, 0.25) is 0 Å². The summed E-state index contributed by atoms with van der Waals surface area (Å²) in [5.41, 5.74) is 0.452. The van der Waals surface area contributed by atoms with Crippen molar-refractivity contribution in [2.24, 2.45) is 10.3 Å². The maximum Gasteiger partial charge on any atom is 0.257 e. The number of hydrogen-bond acceptors (Lipinski definition) is 5. The van der Waals surface area contributed by atoms with E-state index in [2.05, 4.69) is 4.36 Å². The van der Waals surface area contributed by atoms with Gasteiger partial charge in [-0.3, -0.25) is 9.59 Å². The zero-order valence-electron chi connectivity index (χ0n) is 18.4. The quantitative estimate of drug-likeness (QED) is 0.706. The monoisotopic (exact) mass is 448 g/mol. The van der Waals surface area contributed by atoms with Gasteiger partial charge in [-0.2, -0.15) is 4.36 Å². The van der Waals surface area contributed by atoms with Gasteiger partial charge in [0.25, 0.3) is 11.8 Å². The van der Waals surface area contributed by atoms with Crippen LogP contribution in [0.2, 0.25) is 0 Å². The van der Waals surface area contributed by atoms with Gasteiger partial charge in [0.1, 0.15) is 5.75 Å². The first kappa shape index (κ1) is 22.3. The molecule has 2 aliphatic heterocycles. The molecule has 0 N–H and O–H groups in total. The Bertz CT molecular complexity index is 956. The Kier molecular flexibility index (Phi) is 6.40. The molecule has 1 saturated carbocycles. The molecule has 3 fully saturated rings. The molecule has 170 valence electrons. The van der Waals surface area contributed by atoms with Gasteiger partial charge in [0.15, 0.2) is 0 Å². The maximum atomic E-state index is 13.3. The predicted molar refractivity (Wildman–Crippen MR) is 119 cm³/mol. The first-order valence-electron chi connectivity index (χ1n) is 11.1. The van der Waals surface area contributed by atoms with Crippen molar-refractivity contribution in [1.82, 2.24) is 4.90 Å². The van der Waals surface area contributed by atoms with Crippen LogP contribution in [0, 0.1) is 5.92 Å². The molecule has 2 unspecified atom stereocenters. The molecule has 3 aliphatic rings. The Balaban J connectivity index is 1.37. The molecule has 2 atom stereocenters. The molecule has 2 amide bonds. The van der Waals surface area contributed by atoms with E-state index in [0.29, 0.717) is 56.7 Å². The van der Waals surface area contributed by atoms with Crippen molar-refractivity contribution in [3.8, 4) is 5.75 Å². The third-order valence-electron chi connectivity index (χ3n) is 7.04. The number of likely N-dealkylation sites (tertiary alicyclic amines) is 1. The molecule has 1 aromatic rings. The number of rotatable bonds is 4. The number of ether oxygens (including phenoxy) is 2. The van der Waals surface area contributed by atoms with E-state index in [1.54, 1.807) is 42.5 Å². The van der Waals surface area contributed by atoms with Crippen molar-refractivity contribution in [2.45, 2.75) is 55.8 Å². The Morgan fingerprint density at radius 1 is 1.23 bits per heavy atom. The molecule has 2 heterocycles. The zero-order chi connectivity index (χ0) is 22.1. The number of carbonyl (C=O) groups excluding carboxylic acids is 2. The number of piperidine rings is 1. The van der Waals surface area contributed by atoms with Crippen LogP contribution in [0.15, 0.2) is 28.6 Å². The van der Waals surface area contributed by atoms with E-state index in [1.807, 2.05) is 0 Å². The lowest BCUT2D eigenvalue weighted by Crippen LogP contribution is -2.47. The first-order chi connectivity index (χ1) is 14.8. The van der Waals surface area contributed by atoms with Gasteiger partial charge < -0.3 is 14.4 Å². The summed E-state index contributed by atoms with van der Waals surface area (Å²) in [5, 5.41) is -0.177. The highest BCUT2D eigenvalue weighted by Gasteiger charge is 2.44. The van der Waals surface area contributed by atoms with E-state index >= 15 is 0 Å². The summed E-state index contributed by atoms with van der Waals surface area (Å²) in [4.78, 5) is 27.4. The molecular weight excluding hydrogens is 416 g/mol. The van der Waals surface area contributed by atoms with Crippen molar-refractivity contribution in [3.63, 3.8) is 0 Å². The van der Waals surface area contributed by atoms with Crippen molar-refractivity contribution >= 4 is 21.5 Å². The van der Waals surface area contributed by atoms with Gasteiger partial charge in [-0.15, -0.1) is 0 Å². The first-order valence-corrected chi connectivity index (χ1v) is 13.1. The highest BCUT2D eigenvalue weighted by Crippen LogP contribution is 2.44. The molecule has 7 nitrogen and oxygen atoms in total. The van der Waals surface area contributed by atoms with Crippen LogP contribution < -0.4 is 4.74 Å². The van der Waals surface area contributed by atoms with Gasteiger partial charge in [-0.25, -0.2) is 4.21 Å². The van der Waals surface area contributed by atoms with Crippen LogP contribution >= 0.6 is 0 Å². The third-order valence-corrected chi connectivity index (χ3v) is 9.29. The van der Waals surface area contributed by atoms with E-state index in [9.17, 15) is 13.8 Å². The van der Waals surface area contributed by atoms with Gasteiger partial charge in [0.05, 0.1) is 22.4 Å². The highest BCUT2D eigenvalue weighted by molar-refractivity contribution is 7.93. The summed E-state index contributed by atoms with van der Waals surface area (Å²) < 4.78 is 28.7. The number of amides is 2. The minimum atomic E-state index is -2.66. The molecule has 1 spiro atoms. The number of nitrogens with zero attached hydrogens (tertiary/aromatic N) is 2. The van der Waals surface area contributed by atoms with Crippen molar-refractivity contribution < 1.29 is 23.3 Å². The summed E-state index contributed by atoms with van der Waals surface area (Å²) in [5.74, 6) is 0.189. The molecular formula is C23H32N2O5S. The van der Waals surface area contributed by atoms with Crippen LogP contribution in [-0.4, -0.2) is 64.8 Å². The molecule has 0 bridgehead atoms. The van der Waals surface area contributed by atoms with E-state index < -0.39 is 9.73 Å². The Hall–Kier alpha value is -1.93. The third kappa shape index (κ3) is 4.80. The van der Waals surface area contributed by atoms with Crippen LogP contribution in [0.3, 0.4) is 0 Å². The Labute approximate surface area is 184 Å². The Morgan fingerprint density at radius 3 is 2.61 bits per heavy atom. The average molecular weight is 449 g/mol. The lowest BCUT2D eigenvalue weighted by molar-refractivity contribution is -0.154. The largest absolute Gasteiger partial charge is 0.497 e. The second kappa shape index (κ2) is 8.90. The van der Waals surface area contributed by atoms with E-state index in [4.69, 9.17) is 9.47 Å². The standard InChI is InChI=1S/C23H32N2O5S/c1-29-19-6-3-5-17(15-19)22(27)25-12-7-20(8-13-25)31(2,28)24-21(26)18-9-14-30-23(16-18)10-4-11-23/h3,5-6,15,18,20H,4,7-14,16H2,1-2H3. The number of benzene rings is 1. The fourth-order valence-electron chi connectivity index (χ4n) is 4.92. The van der Waals surface area contributed by atoms with Crippen molar-refractivity contribution in [3.05, 3.63) is 29.8 Å². The van der Waals surface area contributed by atoms with Crippen LogP contribution in [-0.2, 0) is 19.3 Å². The van der Waals surface area contributed by atoms with Crippen LogP contribution in [0.25, 0.3) is 0 Å². The Morgan fingerprint density at radius 2 is 1.97 bits per heavy atom.